The van der Waals surface area contributed by atoms with E-state index in [1.807, 2.05) is 29.0 Å². The zero-order valence-electron chi connectivity index (χ0n) is 8.72. The Morgan fingerprint density at radius 3 is 2.87 bits per heavy atom. The van der Waals surface area contributed by atoms with E-state index in [0.29, 0.717) is 6.54 Å². The summed E-state index contributed by atoms with van der Waals surface area (Å²) in [4.78, 5) is 0. The Morgan fingerprint density at radius 1 is 1.33 bits per heavy atom. The number of fused-ring (bicyclic) bond motifs is 1. The van der Waals surface area contributed by atoms with Gasteiger partial charge in [-0.1, -0.05) is 12.1 Å². The van der Waals surface area contributed by atoms with E-state index in [4.69, 9.17) is 5.11 Å². The highest BCUT2D eigenvalue weighted by Crippen LogP contribution is 2.19. The smallest absolute Gasteiger partial charge is 0.0949 e. The van der Waals surface area contributed by atoms with Crippen LogP contribution >= 0.6 is 0 Å². The summed E-state index contributed by atoms with van der Waals surface area (Å²) in [7, 11) is 0. The summed E-state index contributed by atoms with van der Waals surface area (Å²) in [5.74, 6) is 0. The number of aryl methyl sites for hydroxylation is 1. The molecular weight excluding hydrogens is 190 g/mol. The molecule has 0 bridgehead atoms. The van der Waals surface area contributed by atoms with E-state index in [2.05, 4.69) is 13.0 Å². The average Bonchev–Trinajstić information content (AvgIpc) is 2.63. The van der Waals surface area contributed by atoms with E-state index in [-0.39, 0.29) is 6.61 Å². The Balaban J connectivity index is 2.41. The summed E-state index contributed by atoms with van der Waals surface area (Å²) in [5.41, 5.74) is 2.33. The van der Waals surface area contributed by atoms with Crippen molar-refractivity contribution in [1.82, 2.24) is 4.57 Å². The van der Waals surface area contributed by atoms with Gasteiger partial charge in [-0.3, -0.25) is 0 Å². The van der Waals surface area contributed by atoms with E-state index in [9.17, 15) is 5.11 Å². The Bertz CT molecular complexity index is 462. The van der Waals surface area contributed by atoms with Crippen LogP contribution in [-0.4, -0.2) is 27.5 Å². The lowest BCUT2D eigenvalue weighted by molar-refractivity contribution is 0.0822. The van der Waals surface area contributed by atoms with Gasteiger partial charge in [0.2, 0.25) is 0 Å². The van der Waals surface area contributed by atoms with Gasteiger partial charge in [0, 0.05) is 17.1 Å². The van der Waals surface area contributed by atoms with Crippen molar-refractivity contribution in [1.29, 1.82) is 0 Å². The minimum Gasteiger partial charge on any atom is -0.394 e. The molecule has 0 radical (unpaired) electrons. The van der Waals surface area contributed by atoms with Crippen LogP contribution in [0.5, 0.6) is 0 Å². The highest BCUT2D eigenvalue weighted by Gasteiger charge is 2.06. The number of hydrogen-bond acceptors (Lipinski definition) is 2. The number of nitrogens with zero attached hydrogens (tertiary/aromatic N) is 1. The lowest BCUT2D eigenvalue weighted by Gasteiger charge is -2.09. The first-order valence-electron chi connectivity index (χ1n) is 5.05. The molecule has 0 fully saturated rings. The predicted molar refractivity (Wildman–Crippen MR) is 59.8 cm³/mol. The summed E-state index contributed by atoms with van der Waals surface area (Å²) >= 11 is 0. The minimum atomic E-state index is -0.693. The quantitative estimate of drug-likeness (QED) is 0.793. The van der Waals surface area contributed by atoms with Gasteiger partial charge in [0.25, 0.3) is 0 Å². The predicted octanol–water partition coefficient (Wildman–Crippen LogP) is 1.30. The van der Waals surface area contributed by atoms with Gasteiger partial charge in [0.05, 0.1) is 19.3 Å². The second kappa shape index (κ2) is 4.04. The van der Waals surface area contributed by atoms with E-state index >= 15 is 0 Å². The Kier molecular flexibility index (Phi) is 2.75. The van der Waals surface area contributed by atoms with Crippen LogP contribution in [0, 0.1) is 6.92 Å². The fourth-order valence-corrected chi connectivity index (χ4v) is 1.82. The van der Waals surface area contributed by atoms with Gasteiger partial charge >= 0.3 is 0 Å². The Hall–Kier alpha value is -1.32. The molecule has 2 rings (SSSR count). The topological polar surface area (TPSA) is 45.4 Å². The number of aliphatic hydroxyl groups is 2. The van der Waals surface area contributed by atoms with E-state index < -0.39 is 6.10 Å². The summed E-state index contributed by atoms with van der Waals surface area (Å²) in [5, 5.41) is 19.4. The van der Waals surface area contributed by atoms with Crippen molar-refractivity contribution in [3.05, 3.63) is 36.0 Å². The van der Waals surface area contributed by atoms with Gasteiger partial charge in [-0.2, -0.15) is 0 Å². The van der Waals surface area contributed by atoms with Gasteiger partial charge in [0.1, 0.15) is 0 Å². The zero-order valence-corrected chi connectivity index (χ0v) is 8.72. The summed E-state index contributed by atoms with van der Waals surface area (Å²) in [6.07, 6.45) is 1.25. The van der Waals surface area contributed by atoms with Crippen LogP contribution < -0.4 is 0 Å². The van der Waals surface area contributed by atoms with Crippen LogP contribution in [0.4, 0.5) is 0 Å². The normalized spacial score (nSPS) is 13.3. The molecule has 15 heavy (non-hydrogen) atoms. The number of benzene rings is 1. The molecule has 2 N–H and O–H groups in total. The molecule has 1 atom stereocenters. The minimum absolute atomic E-state index is 0.203. The number of rotatable bonds is 3. The summed E-state index contributed by atoms with van der Waals surface area (Å²) in [6, 6.07) is 8.12. The number of aromatic nitrogens is 1. The third-order valence-electron chi connectivity index (χ3n) is 2.65. The van der Waals surface area contributed by atoms with Crippen LogP contribution in [0.2, 0.25) is 0 Å². The first kappa shape index (κ1) is 10.2. The zero-order chi connectivity index (χ0) is 10.8. The standard InChI is InChI=1S/C12H15NO2/c1-9-3-2-4-12-11(9)5-6-13(12)7-10(15)8-14/h2-6,10,14-15H,7-8H2,1H3. The number of hydrogen-bond donors (Lipinski definition) is 2. The number of aliphatic hydroxyl groups excluding tert-OH is 2. The van der Waals surface area contributed by atoms with Crippen molar-refractivity contribution in [2.75, 3.05) is 6.61 Å². The molecule has 3 heteroatoms. The molecule has 3 nitrogen and oxygen atoms in total. The highest BCUT2D eigenvalue weighted by molar-refractivity contribution is 5.83. The van der Waals surface area contributed by atoms with Crippen molar-refractivity contribution < 1.29 is 10.2 Å². The molecule has 1 aromatic carbocycles. The van der Waals surface area contributed by atoms with Crippen LogP contribution in [0.3, 0.4) is 0 Å². The van der Waals surface area contributed by atoms with Gasteiger partial charge in [-0.15, -0.1) is 0 Å². The van der Waals surface area contributed by atoms with Gasteiger partial charge in [0.15, 0.2) is 0 Å². The highest BCUT2D eigenvalue weighted by atomic mass is 16.3. The maximum absolute atomic E-state index is 9.39. The molecule has 1 aromatic heterocycles. The fourth-order valence-electron chi connectivity index (χ4n) is 1.82. The van der Waals surface area contributed by atoms with Gasteiger partial charge in [-0.05, 0) is 24.6 Å². The molecular formula is C12H15NO2. The molecule has 0 amide bonds. The summed E-state index contributed by atoms with van der Waals surface area (Å²) < 4.78 is 1.96. The lowest BCUT2D eigenvalue weighted by atomic mass is 10.1. The first-order valence-corrected chi connectivity index (χ1v) is 5.05. The fraction of sp³-hybridized carbons (Fsp3) is 0.333. The second-order valence-corrected chi connectivity index (χ2v) is 3.81. The van der Waals surface area contributed by atoms with E-state index in [0.717, 1.165) is 5.52 Å². The Morgan fingerprint density at radius 2 is 2.13 bits per heavy atom. The van der Waals surface area contributed by atoms with Crippen LogP contribution in [0.1, 0.15) is 5.56 Å². The Labute approximate surface area is 88.6 Å². The summed E-state index contributed by atoms with van der Waals surface area (Å²) in [6.45, 7) is 2.30. The van der Waals surface area contributed by atoms with Crippen molar-refractivity contribution >= 4 is 10.9 Å². The SMILES string of the molecule is Cc1cccc2c1ccn2CC(O)CO. The molecule has 0 saturated heterocycles. The maximum Gasteiger partial charge on any atom is 0.0949 e. The van der Waals surface area contributed by atoms with Crippen LogP contribution in [-0.2, 0) is 6.54 Å². The third kappa shape index (κ3) is 1.89. The van der Waals surface area contributed by atoms with Gasteiger partial charge in [-0.25, -0.2) is 0 Å². The van der Waals surface area contributed by atoms with Crippen molar-refractivity contribution in [2.45, 2.75) is 19.6 Å². The second-order valence-electron chi connectivity index (χ2n) is 3.81. The molecule has 80 valence electrons. The molecule has 0 aliphatic carbocycles. The molecule has 0 spiro atoms. The molecule has 0 aliphatic rings. The molecule has 0 saturated carbocycles. The molecule has 1 heterocycles. The largest absolute Gasteiger partial charge is 0.394 e. The average molecular weight is 205 g/mol. The first-order chi connectivity index (χ1) is 7.22. The van der Waals surface area contributed by atoms with E-state index in [1.54, 1.807) is 0 Å². The molecule has 0 aliphatic heterocycles. The monoisotopic (exact) mass is 205 g/mol. The van der Waals surface area contributed by atoms with Crippen molar-refractivity contribution in [3.8, 4) is 0 Å². The van der Waals surface area contributed by atoms with Crippen molar-refractivity contribution in [3.63, 3.8) is 0 Å². The lowest BCUT2D eigenvalue weighted by Crippen LogP contribution is -2.19. The third-order valence-corrected chi connectivity index (χ3v) is 2.65. The van der Waals surface area contributed by atoms with Crippen molar-refractivity contribution in [2.24, 2.45) is 0 Å². The van der Waals surface area contributed by atoms with Crippen LogP contribution in [0.15, 0.2) is 30.5 Å². The molecule has 1 unspecified atom stereocenters. The van der Waals surface area contributed by atoms with E-state index in [1.165, 1.54) is 10.9 Å². The van der Waals surface area contributed by atoms with Gasteiger partial charge < -0.3 is 14.8 Å². The maximum atomic E-state index is 9.39. The van der Waals surface area contributed by atoms with Crippen LogP contribution in [0.25, 0.3) is 10.9 Å². The molecule has 2 aromatic rings.